The number of rotatable bonds is 7. The van der Waals surface area contributed by atoms with E-state index in [1.54, 1.807) is 20.4 Å². The molecule has 1 amide bonds. The molecular formula is C19H24N2O3. The third kappa shape index (κ3) is 4.47. The lowest BCUT2D eigenvalue weighted by Crippen LogP contribution is -2.41. The van der Waals surface area contributed by atoms with Crippen LogP contribution in [-0.4, -0.2) is 25.1 Å². The zero-order valence-corrected chi connectivity index (χ0v) is 14.6. The Morgan fingerprint density at radius 3 is 2.50 bits per heavy atom. The van der Waals surface area contributed by atoms with Gasteiger partial charge in [0.2, 0.25) is 5.91 Å². The Bertz CT molecular complexity index is 684. The fraction of sp³-hybridized carbons (Fsp3) is 0.368. The van der Waals surface area contributed by atoms with E-state index in [2.05, 4.69) is 10.3 Å². The number of nitrogens with one attached hydrogen (secondary N) is 1. The van der Waals surface area contributed by atoms with E-state index in [1.165, 1.54) is 0 Å². The topological polar surface area (TPSA) is 60.5 Å². The maximum Gasteiger partial charge on any atom is 0.221 e. The molecule has 2 aromatic rings. The fourth-order valence-electron chi connectivity index (χ4n) is 2.50. The number of hydrogen-bond donors (Lipinski definition) is 1. The van der Waals surface area contributed by atoms with Crippen LogP contribution >= 0.6 is 0 Å². The summed E-state index contributed by atoms with van der Waals surface area (Å²) in [4.78, 5) is 16.6. The Balaban J connectivity index is 1.96. The molecule has 0 saturated heterocycles. The first-order valence-corrected chi connectivity index (χ1v) is 7.89. The molecule has 1 N–H and O–H groups in total. The summed E-state index contributed by atoms with van der Waals surface area (Å²) in [5.74, 6) is 1.34. The number of nitrogens with zero attached hydrogens (tertiary/aromatic N) is 1. The lowest BCUT2D eigenvalue weighted by molar-refractivity contribution is -0.122. The Labute approximate surface area is 143 Å². The number of aromatic nitrogens is 1. The first kappa shape index (κ1) is 17.8. The number of methoxy groups -OCH3 is 2. The van der Waals surface area contributed by atoms with Crippen molar-refractivity contribution in [2.24, 2.45) is 0 Å². The second-order valence-corrected chi connectivity index (χ2v) is 6.08. The zero-order chi connectivity index (χ0) is 17.6. The molecule has 0 aliphatic heterocycles. The maximum absolute atomic E-state index is 12.3. The molecule has 2 rings (SSSR count). The molecule has 128 valence electrons. The number of carbonyl (C=O) groups excluding carboxylic acids is 1. The van der Waals surface area contributed by atoms with Crippen LogP contribution in [0.15, 0.2) is 42.6 Å². The Morgan fingerprint density at radius 1 is 1.12 bits per heavy atom. The van der Waals surface area contributed by atoms with E-state index < -0.39 is 5.54 Å². The number of amides is 1. The van der Waals surface area contributed by atoms with Gasteiger partial charge in [-0.15, -0.1) is 0 Å². The van der Waals surface area contributed by atoms with Gasteiger partial charge in [0.05, 0.1) is 25.5 Å². The fourth-order valence-corrected chi connectivity index (χ4v) is 2.50. The van der Waals surface area contributed by atoms with Crippen LogP contribution in [-0.2, 0) is 16.8 Å². The molecule has 1 heterocycles. The monoisotopic (exact) mass is 328 g/mol. The number of ether oxygens (including phenoxy) is 2. The van der Waals surface area contributed by atoms with Gasteiger partial charge in [0.15, 0.2) is 11.5 Å². The van der Waals surface area contributed by atoms with Gasteiger partial charge in [-0.2, -0.15) is 0 Å². The van der Waals surface area contributed by atoms with Crippen LogP contribution in [0.2, 0.25) is 0 Å². The van der Waals surface area contributed by atoms with Crippen molar-refractivity contribution in [3.8, 4) is 11.5 Å². The lowest BCUT2D eigenvalue weighted by atomic mass is 9.99. The molecule has 0 spiro atoms. The average Bonchev–Trinajstić information content (AvgIpc) is 2.60. The summed E-state index contributed by atoms with van der Waals surface area (Å²) in [5.41, 5.74) is 1.36. The summed E-state index contributed by atoms with van der Waals surface area (Å²) < 4.78 is 10.5. The quantitative estimate of drug-likeness (QED) is 0.848. The normalized spacial score (nSPS) is 11.0. The number of aryl methyl sites for hydroxylation is 1. The standard InChI is InChI=1S/C19H24N2O3/c1-19(2,17-7-5-6-12-20-17)21-18(22)11-9-14-8-10-15(23-3)16(13-14)24-4/h5-8,10,12-13H,9,11H2,1-4H3,(H,21,22). The molecule has 0 fully saturated rings. The minimum absolute atomic E-state index is 0.0135. The minimum Gasteiger partial charge on any atom is -0.493 e. The molecule has 1 aromatic carbocycles. The van der Waals surface area contributed by atoms with Crippen LogP contribution < -0.4 is 14.8 Å². The zero-order valence-electron chi connectivity index (χ0n) is 14.6. The second-order valence-electron chi connectivity index (χ2n) is 6.08. The molecule has 0 bridgehead atoms. The summed E-state index contributed by atoms with van der Waals surface area (Å²) in [6, 6.07) is 11.4. The Kier molecular flexibility index (Phi) is 5.79. The van der Waals surface area contributed by atoms with Crippen molar-refractivity contribution in [2.75, 3.05) is 14.2 Å². The van der Waals surface area contributed by atoms with Crippen molar-refractivity contribution in [2.45, 2.75) is 32.2 Å². The van der Waals surface area contributed by atoms with Crippen LogP contribution in [0.5, 0.6) is 11.5 Å². The highest BCUT2D eigenvalue weighted by molar-refractivity contribution is 5.77. The maximum atomic E-state index is 12.3. The van der Waals surface area contributed by atoms with Crippen molar-refractivity contribution in [1.82, 2.24) is 10.3 Å². The van der Waals surface area contributed by atoms with E-state index in [0.29, 0.717) is 24.3 Å². The van der Waals surface area contributed by atoms with Gasteiger partial charge in [-0.25, -0.2) is 0 Å². The Hall–Kier alpha value is -2.56. The highest BCUT2D eigenvalue weighted by Gasteiger charge is 2.23. The molecule has 0 aliphatic rings. The second kappa shape index (κ2) is 7.81. The largest absolute Gasteiger partial charge is 0.493 e. The third-order valence-corrected chi connectivity index (χ3v) is 3.85. The summed E-state index contributed by atoms with van der Waals surface area (Å²) in [6.45, 7) is 3.90. The van der Waals surface area contributed by atoms with Gasteiger partial charge in [0, 0.05) is 12.6 Å². The molecule has 0 atom stereocenters. The molecule has 1 aromatic heterocycles. The Morgan fingerprint density at radius 2 is 1.88 bits per heavy atom. The molecular weight excluding hydrogens is 304 g/mol. The number of hydrogen-bond acceptors (Lipinski definition) is 4. The van der Waals surface area contributed by atoms with Crippen LogP contribution in [0, 0.1) is 0 Å². The van der Waals surface area contributed by atoms with E-state index in [9.17, 15) is 4.79 Å². The van der Waals surface area contributed by atoms with Crippen molar-refractivity contribution < 1.29 is 14.3 Å². The van der Waals surface area contributed by atoms with Crippen LogP contribution in [0.25, 0.3) is 0 Å². The summed E-state index contributed by atoms with van der Waals surface area (Å²) in [7, 11) is 3.20. The van der Waals surface area contributed by atoms with Crippen LogP contribution in [0.1, 0.15) is 31.5 Å². The first-order valence-electron chi connectivity index (χ1n) is 7.89. The summed E-state index contributed by atoms with van der Waals surface area (Å²) in [5, 5.41) is 3.04. The first-order chi connectivity index (χ1) is 11.5. The smallest absolute Gasteiger partial charge is 0.221 e. The predicted octanol–water partition coefficient (Wildman–Crippen LogP) is 3.08. The molecule has 0 saturated carbocycles. The minimum atomic E-state index is -0.504. The molecule has 5 nitrogen and oxygen atoms in total. The van der Waals surface area contributed by atoms with Gasteiger partial charge >= 0.3 is 0 Å². The van der Waals surface area contributed by atoms with Crippen LogP contribution in [0.4, 0.5) is 0 Å². The van der Waals surface area contributed by atoms with Crippen molar-refractivity contribution in [1.29, 1.82) is 0 Å². The molecule has 0 unspecified atom stereocenters. The van der Waals surface area contributed by atoms with E-state index in [0.717, 1.165) is 11.3 Å². The number of carbonyl (C=O) groups is 1. The van der Waals surface area contributed by atoms with Crippen molar-refractivity contribution >= 4 is 5.91 Å². The lowest BCUT2D eigenvalue weighted by Gasteiger charge is -2.25. The number of pyridine rings is 1. The van der Waals surface area contributed by atoms with E-state index in [-0.39, 0.29) is 5.91 Å². The average molecular weight is 328 g/mol. The molecule has 24 heavy (non-hydrogen) atoms. The van der Waals surface area contributed by atoms with E-state index in [1.807, 2.05) is 50.2 Å². The number of benzene rings is 1. The van der Waals surface area contributed by atoms with Gasteiger partial charge in [-0.05, 0) is 50.1 Å². The summed E-state index contributed by atoms with van der Waals surface area (Å²) in [6.07, 6.45) is 2.75. The van der Waals surface area contributed by atoms with Crippen molar-refractivity contribution in [3.63, 3.8) is 0 Å². The molecule has 5 heteroatoms. The molecule has 0 radical (unpaired) electrons. The molecule has 0 aliphatic carbocycles. The third-order valence-electron chi connectivity index (χ3n) is 3.85. The van der Waals surface area contributed by atoms with Crippen LogP contribution in [0.3, 0.4) is 0 Å². The van der Waals surface area contributed by atoms with Gasteiger partial charge in [0.1, 0.15) is 0 Å². The van der Waals surface area contributed by atoms with Gasteiger partial charge in [0.25, 0.3) is 0 Å². The highest BCUT2D eigenvalue weighted by Crippen LogP contribution is 2.28. The highest BCUT2D eigenvalue weighted by atomic mass is 16.5. The van der Waals surface area contributed by atoms with Crippen molar-refractivity contribution in [3.05, 3.63) is 53.9 Å². The SMILES string of the molecule is COc1ccc(CCC(=O)NC(C)(C)c2ccccn2)cc1OC. The van der Waals surface area contributed by atoms with Gasteiger partial charge in [-0.1, -0.05) is 12.1 Å². The van der Waals surface area contributed by atoms with Gasteiger partial charge < -0.3 is 14.8 Å². The predicted molar refractivity (Wildman–Crippen MR) is 93.3 cm³/mol. The van der Waals surface area contributed by atoms with Gasteiger partial charge in [-0.3, -0.25) is 9.78 Å². The van der Waals surface area contributed by atoms with E-state index >= 15 is 0 Å². The van der Waals surface area contributed by atoms with E-state index in [4.69, 9.17) is 9.47 Å². The summed E-state index contributed by atoms with van der Waals surface area (Å²) >= 11 is 0.